The molecule has 1 aromatic heterocycles. The highest BCUT2D eigenvalue weighted by atomic mass is 35.5. The molecule has 1 heterocycles. The van der Waals surface area contributed by atoms with Gasteiger partial charge < -0.3 is 9.15 Å². The predicted molar refractivity (Wildman–Crippen MR) is 72.0 cm³/mol. The minimum absolute atomic E-state index is 0.169. The first-order valence-electron chi connectivity index (χ1n) is 5.89. The standard InChI is InChI=1S/C14H16ClNO2/c1-9(2)17-12-6-4-11(5-7-12)14-16-13(8-15)10(3)18-14/h4-7,9H,8H2,1-3H3. The molecule has 0 bridgehead atoms. The second kappa shape index (κ2) is 5.44. The fraction of sp³-hybridized carbons (Fsp3) is 0.357. The van der Waals surface area contributed by atoms with Gasteiger partial charge in [-0.2, -0.15) is 0 Å². The summed E-state index contributed by atoms with van der Waals surface area (Å²) in [6, 6.07) is 7.69. The summed E-state index contributed by atoms with van der Waals surface area (Å²) in [5, 5.41) is 0. The lowest BCUT2D eigenvalue weighted by molar-refractivity contribution is 0.242. The van der Waals surface area contributed by atoms with Crippen molar-refractivity contribution in [3.63, 3.8) is 0 Å². The molecule has 0 fully saturated rings. The Kier molecular flexibility index (Phi) is 3.92. The van der Waals surface area contributed by atoms with Crippen molar-refractivity contribution in [1.29, 1.82) is 0 Å². The Bertz CT molecular complexity index is 517. The summed E-state index contributed by atoms with van der Waals surface area (Å²) >= 11 is 5.77. The number of ether oxygens (including phenoxy) is 1. The fourth-order valence-corrected chi connectivity index (χ4v) is 1.87. The molecule has 0 aliphatic heterocycles. The van der Waals surface area contributed by atoms with Crippen molar-refractivity contribution >= 4 is 11.6 Å². The van der Waals surface area contributed by atoms with Crippen LogP contribution >= 0.6 is 11.6 Å². The van der Waals surface area contributed by atoms with Gasteiger partial charge in [0.1, 0.15) is 11.5 Å². The van der Waals surface area contributed by atoms with Crippen LogP contribution in [0.2, 0.25) is 0 Å². The third kappa shape index (κ3) is 2.85. The van der Waals surface area contributed by atoms with Crippen LogP contribution in [0.4, 0.5) is 0 Å². The van der Waals surface area contributed by atoms with Crippen molar-refractivity contribution in [2.45, 2.75) is 32.8 Å². The van der Waals surface area contributed by atoms with E-state index in [-0.39, 0.29) is 6.10 Å². The number of hydrogen-bond donors (Lipinski definition) is 0. The molecular formula is C14H16ClNO2. The average molecular weight is 266 g/mol. The molecule has 96 valence electrons. The Balaban J connectivity index is 2.22. The summed E-state index contributed by atoms with van der Waals surface area (Å²) in [6.45, 7) is 5.86. The van der Waals surface area contributed by atoms with Crippen LogP contribution in [-0.2, 0) is 5.88 Å². The van der Waals surface area contributed by atoms with Gasteiger partial charge in [-0.1, -0.05) is 0 Å². The molecule has 2 rings (SSSR count). The Hall–Kier alpha value is -1.48. The van der Waals surface area contributed by atoms with Gasteiger partial charge in [-0.15, -0.1) is 11.6 Å². The Morgan fingerprint density at radius 1 is 1.28 bits per heavy atom. The summed E-state index contributed by atoms with van der Waals surface area (Å²) in [5.41, 5.74) is 1.71. The van der Waals surface area contributed by atoms with E-state index in [2.05, 4.69) is 4.98 Å². The van der Waals surface area contributed by atoms with E-state index in [0.29, 0.717) is 11.8 Å². The molecule has 0 radical (unpaired) electrons. The van der Waals surface area contributed by atoms with Crippen molar-refractivity contribution < 1.29 is 9.15 Å². The van der Waals surface area contributed by atoms with Crippen LogP contribution in [0, 0.1) is 6.92 Å². The normalized spacial score (nSPS) is 10.9. The second-order valence-electron chi connectivity index (χ2n) is 4.35. The van der Waals surface area contributed by atoms with E-state index in [0.717, 1.165) is 22.8 Å². The summed E-state index contributed by atoms with van der Waals surface area (Å²) in [6.07, 6.45) is 0.169. The molecule has 18 heavy (non-hydrogen) atoms. The molecule has 4 heteroatoms. The molecule has 2 aromatic rings. The van der Waals surface area contributed by atoms with Gasteiger partial charge in [0.05, 0.1) is 17.7 Å². The Morgan fingerprint density at radius 2 is 1.94 bits per heavy atom. The third-order valence-electron chi connectivity index (χ3n) is 2.49. The van der Waals surface area contributed by atoms with Crippen LogP contribution in [0.1, 0.15) is 25.3 Å². The zero-order valence-electron chi connectivity index (χ0n) is 10.7. The summed E-state index contributed by atoms with van der Waals surface area (Å²) < 4.78 is 11.2. The Morgan fingerprint density at radius 3 is 2.44 bits per heavy atom. The minimum Gasteiger partial charge on any atom is -0.491 e. The highest BCUT2D eigenvalue weighted by molar-refractivity contribution is 6.16. The number of hydrogen-bond acceptors (Lipinski definition) is 3. The molecule has 0 saturated heterocycles. The second-order valence-corrected chi connectivity index (χ2v) is 4.61. The number of aromatic nitrogens is 1. The molecule has 0 N–H and O–H groups in total. The fourth-order valence-electron chi connectivity index (χ4n) is 1.62. The highest BCUT2D eigenvalue weighted by Gasteiger charge is 2.10. The molecule has 0 aliphatic rings. The van der Waals surface area contributed by atoms with Gasteiger partial charge in [-0.25, -0.2) is 4.98 Å². The lowest BCUT2D eigenvalue weighted by Crippen LogP contribution is -2.05. The summed E-state index contributed by atoms with van der Waals surface area (Å²) in [4.78, 5) is 4.35. The molecule has 0 aliphatic carbocycles. The number of halogens is 1. The smallest absolute Gasteiger partial charge is 0.226 e. The van der Waals surface area contributed by atoms with Crippen LogP contribution in [-0.4, -0.2) is 11.1 Å². The van der Waals surface area contributed by atoms with Gasteiger partial charge in [0.15, 0.2) is 0 Å². The van der Waals surface area contributed by atoms with Crippen molar-refractivity contribution in [1.82, 2.24) is 4.98 Å². The first kappa shape index (κ1) is 13.0. The molecule has 1 aromatic carbocycles. The SMILES string of the molecule is Cc1oc(-c2ccc(OC(C)C)cc2)nc1CCl. The topological polar surface area (TPSA) is 35.3 Å². The number of alkyl halides is 1. The number of aryl methyl sites for hydroxylation is 1. The average Bonchev–Trinajstić information content (AvgIpc) is 2.71. The van der Waals surface area contributed by atoms with Crippen LogP contribution < -0.4 is 4.74 Å². The monoisotopic (exact) mass is 265 g/mol. The van der Waals surface area contributed by atoms with Crippen molar-refractivity contribution in [2.24, 2.45) is 0 Å². The van der Waals surface area contributed by atoms with Crippen LogP contribution in [0.15, 0.2) is 28.7 Å². The summed E-state index contributed by atoms with van der Waals surface area (Å²) in [7, 11) is 0. The van der Waals surface area contributed by atoms with E-state index < -0.39 is 0 Å². The number of rotatable bonds is 4. The van der Waals surface area contributed by atoms with E-state index in [1.807, 2.05) is 45.0 Å². The van der Waals surface area contributed by atoms with Gasteiger partial charge in [0.25, 0.3) is 0 Å². The van der Waals surface area contributed by atoms with E-state index in [4.69, 9.17) is 20.8 Å². The van der Waals surface area contributed by atoms with Gasteiger partial charge in [0, 0.05) is 5.56 Å². The molecule has 0 atom stereocenters. The van der Waals surface area contributed by atoms with Crippen molar-refractivity contribution in [3.05, 3.63) is 35.7 Å². The zero-order chi connectivity index (χ0) is 13.1. The molecule has 3 nitrogen and oxygen atoms in total. The van der Waals surface area contributed by atoms with Crippen molar-refractivity contribution in [2.75, 3.05) is 0 Å². The van der Waals surface area contributed by atoms with Crippen LogP contribution in [0.5, 0.6) is 5.75 Å². The van der Waals surface area contributed by atoms with E-state index in [1.165, 1.54) is 0 Å². The van der Waals surface area contributed by atoms with Crippen molar-refractivity contribution in [3.8, 4) is 17.2 Å². The maximum atomic E-state index is 5.77. The van der Waals surface area contributed by atoms with E-state index in [9.17, 15) is 0 Å². The largest absolute Gasteiger partial charge is 0.491 e. The quantitative estimate of drug-likeness (QED) is 0.778. The summed E-state index contributed by atoms with van der Waals surface area (Å²) in [5.74, 6) is 2.57. The molecule has 0 spiro atoms. The van der Waals surface area contributed by atoms with Gasteiger partial charge in [0.2, 0.25) is 5.89 Å². The van der Waals surface area contributed by atoms with Crippen LogP contribution in [0.25, 0.3) is 11.5 Å². The lowest BCUT2D eigenvalue weighted by Gasteiger charge is -2.09. The maximum Gasteiger partial charge on any atom is 0.226 e. The van der Waals surface area contributed by atoms with Gasteiger partial charge >= 0.3 is 0 Å². The van der Waals surface area contributed by atoms with E-state index >= 15 is 0 Å². The predicted octanol–water partition coefficient (Wildman–Crippen LogP) is 4.18. The Labute approximate surface area is 112 Å². The minimum atomic E-state index is 0.169. The lowest BCUT2D eigenvalue weighted by atomic mass is 10.2. The van der Waals surface area contributed by atoms with Gasteiger partial charge in [-0.05, 0) is 45.0 Å². The molecule has 0 amide bonds. The molecule has 0 unspecified atom stereocenters. The molecular weight excluding hydrogens is 250 g/mol. The first-order chi connectivity index (χ1) is 8.60. The zero-order valence-corrected chi connectivity index (χ0v) is 11.5. The number of benzene rings is 1. The highest BCUT2D eigenvalue weighted by Crippen LogP contribution is 2.25. The number of oxazole rings is 1. The first-order valence-corrected chi connectivity index (χ1v) is 6.43. The molecule has 0 saturated carbocycles. The number of nitrogens with zero attached hydrogens (tertiary/aromatic N) is 1. The van der Waals surface area contributed by atoms with Crippen LogP contribution in [0.3, 0.4) is 0 Å². The maximum absolute atomic E-state index is 5.77. The third-order valence-corrected chi connectivity index (χ3v) is 2.75. The van der Waals surface area contributed by atoms with Gasteiger partial charge in [-0.3, -0.25) is 0 Å². The van der Waals surface area contributed by atoms with E-state index in [1.54, 1.807) is 0 Å².